The summed E-state index contributed by atoms with van der Waals surface area (Å²) in [5, 5.41) is 11.6. The molecule has 1 aliphatic carbocycles. The Labute approximate surface area is 119 Å². The number of aliphatic carboxylic acids is 1. The molecule has 2 rings (SSSR count). The first-order chi connectivity index (χ1) is 9.88. The quantitative estimate of drug-likeness (QED) is 0.554. The predicted octanol–water partition coefficient (Wildman–Crippen LogP) is -0.633. The van der Waals surface area contributed by atoms with Crippen LogP contribution in [-0.4, -0.2) is 33.5 Å². The van der Waals surface area contributed by atoms with E-state index in [1.807, 2.05) is 4.98 Å². The molecule has 1 saturated carbocycles. The number of carbonyl (C=O) groups is 2. The SMILES string of the molecule is O=C(O)CC1(CNC(=O)Cc2cc(=O)[nH]c(=O)[nH]2)CCC1. The lowest BCUT2D eigenvalue weighted by molar-refractivity contribution is -0.141. The highest BCUT2D eigenvalue weighted by atomic mass is 16.4. The normalized spacial score (nSPS) is 16.0. The van der Waals surface area contributed by atoms with E-state index in [-0.39, 0.29) is 29.9 Å². The maximum Gasteiger partial charge on any atom is 0.325 e. The molecule has 0 radical (unpaired) electrons. The fraction of sp³-hybridized carbons (Fsp3) is 0.538. The summed E-state index contributed by atoms with van der Waals surface area (Å²) in [6.45, 7) is 0.297. The average Bonchev–Trinajstić information content (AvgIpc) is 2.30. The monoisotopic (exact) mass is 295 g/mol. The predicted molar refractivity (Wildman–Crippen MR) is 72.9 cm³/mol. The second-order valence-electron chi connectivity index (χ2n) is 5.49. The van der Waals surface area contributed by atoms with Crippen LogP contribution in [0.1, 0.15) is 31.4 Å². The van der Waals surface area contributed by atoms with Crippen molar-refractivity contribution in [2.24, 2.45) is 5.41 Å². The summed E-state index contributed by atoms with van der Waals surface area (Å²) in [6.07, 6.45) is 2.44. The molecule has 0 unspecified atom stereocenters. The van der Waals surface area contributed by atoms with Crippen molar-refractivity contribution < 1.29 is 14.7 Å². The van der Waals surface area contributed by atoms with Gasteiger partial charge in [-0.05, 0) is 18.3 Å². The van der Waals surface area contributed by atoms with Gasteiger partial charge in [0.2, 0.25) is 5.91 Å². The lowest BCUT2D eigenvalue weighted by Crippen LogP contribution is -2.44. The smallest absolute Gasteiger partial charge is 0.325 e. The third-order valence-corrected chi connectivity index (χ3v) is 3.77. The maximum absolute atomic E-state index is 11.8. The fourth-order valence-electron chi connectivity index (χ4n) is 2.55. The Bertz CT molecular complexity index is 628. The van der Waals surface area contributed by atoms with E-state index in [0.717, 1.165) is 25.3 Å². The zero-order chi connectivity index (χ0) is 15.5. The molecule has 0 aliphatic heterocycles. The molecule has 0 spiro atoms. The van der Waals surface area contributed by atoms with Gasteiger partial charge in [0.25, 0.3) is 5.56 Å². The van der Waals surface area contributed by atoms with E-state index in [9.17, 15) is 19.2 Å². The van der Waals surface area contributed by atoms with Gasteiger partial charge < -0.3 is 15.4 Å². The van der Waals surface area contributed by atoms with Crippen molar-refractivity contribution in [1.29, 1.82) is 0 Å². The number of hydrogen-bond acceptors (Lipinski definition) is 4. The average molecular weight is 295 g/mol. The van der Waals surface area contributed by atoms with Gasteiger partial charge in [0.05, 0.1) is 12.8 Å². The highest BCUT2D eigenvalue weighted by Crippen LogP contribution is 2.43. The van der Waals surface area contributed by atoms with Gasteiger partial charge in [-0.2, -0.15) is 0 Å². The van der Waals surface area contributed by atoms with Crippen molar-refractivity contribution in [3.63, 3.8) is 0 Å². The largest absolute Gasteiger partial charge is 0.481 e. The lowest BCUT2D eigenvalue weighted by atomic mass is 9.66. The molecule has 0 aromatic carbocycles. The van der Waals surface area contributed by atoms with E-state index < -0.39 is 17.2 Å². The van der Waals surface area contributed by atoms with Crippen LogP contribution >= 0.6 is 0 Å². The minimum atomic E-state index is -0.872. The molecule has 0 atom stereocenters. The Kier molecular flexibility index (Phi) is 4.25. The minimum absolute atomic E-state index is 0.0368. The summed E-state index contributed by atoms with van der Waals surface area (Å²) in [4.78, 5) is 49.2. The third kappa shape index (κ3) is 4.04. The van der Waals surface area contributed by atoms with E-state index >= 15 is 0 Å². The van der Waals surface area contributed by atoms with Crippen molar-refractivity contribution in [2.75, 3.05) is 6.54 Å². The molecular weight excluding hydrogens is 278 g/mol. The topological polar surface area (TPSA) is 132 Å². The van der Waals surface area contributed by atoms with Crippen molar-refractivity contribution in [2.45, 2.75) is 32.1 Å². The molecular formula is C13H17N3O5. The van der Waals surface area contributed by atoms with Crippen LogP contribution in [0, 0.1) is 5.41 Å². The maximum atomic E-state index is 11.8. The molecule has 0 saturated heterocycles. The number of aromatic amines is 2. The van der Waals surface area contributed by atoms with E-state index in [2.05, 4.69) is 10.3 Å². The van der Waals surface area contributed by atoms with Crippen LogP contribution < -0.4 is 16.6 Å². The Balaban J connectivity index is 1.91. The zero-order valence-corrected chi connectivity index (χ0v) is 11.4. The first-order valence-corrected chi connectivity index (χ1v) is 6.70. The van der Waals surface area contributed by atoms with Gasteiger partial charge in [0.1, 0.15) is 0 Å². The Morgan fingerprint density at radius 1 is 1.29 bits per heavy atom. The van der Waals surface area contributed by atoms with Gasteiger partial charge in [-0.25, -0.2) is 4.79 Å². The van der Waals surface area contributed by atoms with E-state index in [1.165, 1.54) is 0 Å². The molecule has 114 valence electrons. The second-order valence-corrected chi connectivity index (χ2v) is 5.49. The Morgan fingerprint density at radius 3 is 2.52 bits per heavy atom. The van der Waals surface area contributed by atoms with Crippen LogP contribution in [0.25, 0.3) is 0 Å². The minimum Gasteiger partial charge on any atom is -0.481 e. The molecule has 1 aliphatic rings. The summed E-state index contributed by atoms with van der Waals surface area (Å²) in [5.41, 5.74) is -1.36. The summed E-state index contributed by atoms with van der Waals surface area (Å²) in [5.74, 6) is -1.23. The number of carbonyl (C=O) groups excluding carboxylic acids is 1. The summed E-state index contributed by atoms with van der Waals surface area (Å²) >= 11 is 0. The van der Waals surface area contributed by atoms with E-state index in [0.29, 0.717) is 6.54 Å². The molecule has 1 heterocycles. The highest BCUT2D eigenvalue weighted by Gasteiger charge is 2.39. The first kappa shape index (κ1) is 15.0. The number of rotatable bonds is 6. The van der Waals surface area contributed by atoms with E-state index in [1.54, 1.807) is 0 Å². The number of aromatic nitrogens is 2. The second kappa shape index (κ2) is 5.94. The molecule has 1 aromatic rings. The molecule has 8 heteroatoms. The van der Waals surface area contributed by atoms with Crippen molar-refractivity contribution >= 4 is 11.9 Å². The van der Waals surface area contributed by atoms with Gasteiger partial charge in [0, 0.05) is 18.3 Å². The van der Waals surface area contributed by atoms with Crippen LogP contribution in [0.3, 0.4) is 0 Å². The molecule has 0 bridgehead atoms. The summed E-state index contributed by atoms with van der Waals surface area (Å²) in [6, 6.07) is 1.15. The van der Waals surface area contributed by atoms with E-state index in [4.69, 9.17) is 5.11 Å². The number of H-pyrrole nitrogens is 2. The first-order valence-electron chi connectivity index (χ1n) is 6.70. The Morgan fingerprint density at radius 2 is 2.00 bits per heavy atom. The van der Waals surface area contributed by atoms with Crippen molar-refractivity contribution in [3.8, 4) is 0 Å². The third-order valence-electron chi connectivity index (χ3n) is 3.77. The van der Waals surface area contributed by atoms with Gasteiger partial charge >= 0.3 is 11.7 Å². The molecule has 21 heavy (non-hydrogen) atoms. The molecule has 1 aromatic heterocycles. The molecule has 1 amide bonds. The fourth-order valence-corrected chi connectivity index (χ4v) is 2.55. The summed E-state index contributed by atoms with van der Waals surface area (Å²) < 4.78 is 0. The number of amides is 1. The standard InChI is InChI=1S/C13H17N3O5/c17-9(4-8-5-10(18)16-12(21)15-8)14-7-13(2-1-3-13)6-11(19)20/h5H,1-4,6-7H2,(H,14,17)(H,19,20)(H2,15,16,18,21). The highest BCUT2D eigenvalue weighted by molar-refractivity contribution is 5.78. The van der Waals surface area contributed by atoms with Gasteiger partial charge in [0.15, 0.2) is 0 Å². The zero-order valence-electron chi connectivity index (χ0n) is 11.4. The molecule has 4 N–H and O–H groups in total. The summed E-state index contributed by atoms with van der Waals surface area (Å²) in [7, 11) is 0. The van der Waals surface area contributed by atoms with Gasteiger partial charge in [-0.1, -0.05) is 6.42 Å². The van der Waals surface area contributed by atoms with Crippen LogP contribution in [0.4, 0.5) is 0 Å². The number of carboxylic acids is 1. The van der Waals surface area contributed by atoms with Gasteiger partial charge in [-0.15, -0.1) is 0 Å². The number of carboxylic acid groups (broad SMARTS) is 1. The van der Waals surface area contributed by atoms with Crippen LogP contribution in [-0.2, 0) is 16.0 Å². The lowest BCUT2D eigenvalue weighted by Gasteiger charge is -2.40. The van der Waals surface area contributed by atoms with Gasteiger partial charge in [-0.3, -0.25) is 19.4 Å². The van der Waals surface area contributed by atoms with Crippen LogP contribution in [0.5, 0.6) is 0 Å². The Hall–Kier alpha value is -2.38. The van der Waals surface area contributed by atoms with Crippen molar-refractivity contribution in [3.05, 3.63) is 32.6 Å². The van der Waals surface area contributed by atoms with Crippen LogP contribution in [0.2, 0.25) is 0 Å². The van der Waals surface area contributed by atoms with Crippen molar-refractivity contribution in [1.82, 2.24) is 15.3 Å². The number of hydrogen-bond donors (Lipinski definition) is 4. The molecule has 1 fully saturated rings. The van der Waals surface area contributed by atoms with Crippen LogP contribution in [0.15, 0.2) is 15.7 Å². The molecule has 8 nitrogen and oxygen atoms in total. The number of nitrogens with one attached hydrogen (secondary N) is 3.